The van der Waals surface area contributed by atoms with Crippen molar-refractivity contribution >= 4 is 6.29 Å². The average Bonchev–Trinajstić information content (AvgIpc) is 2.89. The van der Waals surface area contributed by atoms with Crippen molar-refractivity contribution in [2.75, 3.05) is 13.1 Å². The van der Waals surface area contributed by atoms with E-state index in [4.69, 9.17) is 5.73 Å². The van der Waals surface area contributed by atoms with Crippen LogP contribution < -0.4 is 5.73 Å². The molecular formula is C10H18N2O. The molecule has 74 valence electrons. The number of nitrogens with two attached hydrogens (primary N) is 1. The summed E-state index contributed by atoms with van der Waals surface area (Å²) in [6.07, 6.45) is 5.74. The molecule has 0 aromatic heterocycles. The van der Waals surface area contributed by atoms with Gasteiger partial charge in [0.2, 0.25) is 0 Å². The molecule has 0 bridgehead atoms. The standard InChI is InChI=1S/C10H18N2O/c11-9-3-4-10(7-13)12(6-9)5-8-1-2-8/h7-10H,1-6,11H2. The Kier molecular flexibility index (Phi) is 2.65. The van der Waals surface area contributed by atoms with Crippen LogP contribution in [0, 0.1) is 5.92 Å². The molecule has 3 nitrogen and oxygen atoms in total. The second kappa shape index (κ2) is 3.76. The lowest BCUT2D eigenvalue weighted by Crippen LogP contribution is -2.49. The van der Waals surface area contributed by atoms with Gasteiger partial charge in [-0.05, 0) is 31.6 Å². The largest absolute Gasteiger partial charge is 0.327 e. The number of hydrogen-bond acceptors (Lipinski definition) is 3. The lowest BCUT2D eigenvalue weighted by molar-refractivity contribution is -0.113. The Bertz CT molecular complexity index is 189. The first kappa shape index (κ1) is 9.16. The summed E-state index contributed by atoms with van der Waals surface area (Å²) in [6.45, 7) is 2.01. The number of hydrogen-bond donors (Lipinski definition) is 1. The second-order valence-corrected chi connectivity index (χ2v) is 4.44. The predicted molar refractivity (Wildman–Crippen MR) is 51.4 cm³/mol. The van der Waals surface area contributed by atoms with E-state index in [9.17, 15) is 4.79 Å². The van der Waals surface area contributed by atoms with Crippen molar-refractivity contribution in [2.45, 2.75) is 37.8 Å². The van der Waals surface area contributed by atoms with Gasteiger partial charge in [-0.1, -0.05) is 0 Å². The van der Waals surface area contributed by atoms with E-state index in [-0.39, 0.29) is 12.1 Å². The molecule has 1 saturated heterocycles. The van der Waals surface area contributed by atoms with E-state index >= 15 is 0 Å². The summed E-state index contributed by atoms with van der Waals surface area (Å²) in [7, 11) is 0. The normalized spacial score (nSPS) is 36.1. The van der Waals surface area contributed by atoms with E-state index in [0.29, 0.717) is 0 Å². The molecule has 13 heavy (non-hydrogen) atoms. The first-order chi connectivity index (χ1) is 6.29. The predicted octanol–water partition coefficient (Wildman–Crippen LogP) is 0.387. The van der Waals surface area contributed by atoms with Crippen LogP contribution in [0.5, 0.6) is 0 Å². The van der Waals surface area contributed by atoms with Crippen LogP contribution in [-0.4, -0.2) is 36.4 Å². The van der Waals surface area contributed by atoms with Gasteiger partial charge >= 0.3 is 0 Å². The maximum Gasteiger partial charge on any atom is 0.137 e. The molecule has 0 aromatic carbocycles. The number of piperidine rings is 1. The number of aldehydes is 1. The molecule has 2 aliphatic rings. The van der Waals surface area contributed by atoms with Gasteiger partial charge in [0.25, 0.3) is 0 Å². The summed E-state index contributed by atoms with van der Waals surface area (Å²) in [5.41, 5.74) is 5.88. The highest BCUT2D eigenvalue weighted by atomic mass is 16.1. The molecule has 0 amide bonds. The molecule has 1 aliphatic heterocycles. The monoisotopic (exact) mass is 182 g/mol. The average molecular weight is 182 g/mol. The van der Waals surface area contributed by atoms with Gasteiger partial charge in [-0.2, -0.15) is 0 Å². The van der Waals surface area contributed by atoms with Crippen LogP contribution in [0.15, 0.2) is 0 Å². The highest BCUT2D eigenvalue weighted by Gasteiger charge is 2.31. The molecule has 2 unspecified atom stereocenters. The molecule has 0 spiro atoms. The molecule has 0 aromatic rings. The molecule has 2 fully saturated rings. The van der Waals surface area contributed by atoms with Crippen LogP contribution in [0.3, 0.4) is 0 Å². The van der Waals surface area contributed by atoms with Gasteiger partial charge < -0.3 is 10.5 Å². The summed E-state index contributed by atoms with van der Waals surface area (Å²) < 4.78 is 0. The molecular weight excluding hydrogens is 164 g/mol. The van der Waals surface area contributed by atoms with Crippen molar-refractivity contribution in [1.82, 2.24) is 4.90 Å². The van der Waals surface area contributed by atoms with Crippen LogP contribution in [0.1, 0.15) is 25.7 Å². The Morgan fingerprint density at radius 1 is 1.31 bits per heavy atom. The minimum absolute atomic E-state index is 0.153. The summed E-state index contributed by atoms with van der Waals surface area (Å²) >= 11 is 0. The van der Waals surface area contributed by atoms with E-state index in [1.807, 2.05) is 0 Å². The SMILES string of the molecule is NC1CCC(C=O)N(CC2CC2)C1. The lowest BCUT2D eigenvalue weighted by Gasteiger charge is -2.35. The Labute approximate surface area is 79.3 Å². The molecule has 1 aliphatic carbocycles. The molecule has 3 heteroatoms. The summed E-state index contributed by atoms with van der Waals surface area (Å²) in [5.74, 6) is 0.854. The van der Waals surface area contributed by atoms with Gasteiger partial charge in [0.1, 0.15) is 6.29 Å². The molecule has 1 saturated carbocycles. The first-order valence-corrected chi connectivity index (χ1v) is 5.24. The Morgan fingerprint density at radius 2 is 2.08 bits per heavy atom. The van der Waals surface area contributed by atoms with Crippen molar-refractivity contribution in [1.29, 1.82) is 0 Å². The van der Waals surface area contributed by atoms with E-state index in [1.54, 1.807) is 0 Å². The van der Waals surface area contributed by atoms with Gasteiger partial charge in [-0.15, -0.1) is 0 Å². The van der Waals surface area contributed by atoms with Crippen LogP contribution in [0.2, 0.25) is 0 Å². The highest BCUT2D eigenvalue weighted by Crippen LogP contribution is 2.31. The Morgan fingerprint density at radius 3 is 2.69 bits per heavy atom. The van der Waals surface area contributed by atoms with E-state index in [2.05, 4.69) is 4.90 Å². The van der Waals surface area contributed by atoms with Crippen LogP contribution >= 0.6 is 0 Å². The van der Waals surface area contributed by atoms with Gasteiger partial charge in [0, 0.05) is 19.1 Å². The van der Waals surface area contributed by atoms with Gasteiger partial charge in [0.15, 0.2) is 0 Å². The third-order valence-electron chi connectivity index (χ3n) is 3.12. The topological polar surface area (TPSA) is 46.3 Å². The smallest absolute Gasteiger partial charge is 0.137 e. The summed E-state index contributed by atoms with van der Waals surface area (Å²) in [6, 6.07) is 0.440. The van der Waals surface area contributed by atoms with Crippen LogP contribution in [0.4, 0.5) is 0 Å². The van der Waals surface area contributed by atoms with Crippen LogP contribution in [0.25, 0.3) is 0 Å². The molecule has 2 atom stereocenters. The van der Waals surface area contributed by atoms with Gasteiger partial charge in [-0.3, -0.25) is 4.90 Å². The number of likely N-dealkylation sites (tertiary alicyclic amines) is 1. The van der Waals surface area contributed by atoms with Crippen molar-refractivity contribution < 1.29 is 4.79 Å². The molecule has 2 rings (SSSR count). The van der Waals surface area contributed by atoms with Crippen molar-refractivity contribution in [3.05, 3.63) is 0 Å². The van der Waals surface area contributed by atoms with Crippen molar-refractivity contribution in [3.8, 4) is 0 Å². The third-order valence-corrected chi connectivity index (χ3v) is 3.12. The zero-order chi connectivity index (χ0) is 9.26. The summed E-state index contributed by atoms with van der Waals surface area (Å²) in [5, 5.41) is 0. The minimum Gasteiger partial charge on any atom is -0.327 e. The maximum absolute atomic E-state index is 10.8. The zero-order valence-electron chi connectivity index (χ0n) is 7.98. The minimum atomic E-state index is 0.153. The fourth-order valence-corrected chi connectivity index (χ4v) is 2.09. The van der Waals surface area contributed by atoms with Crippen molar-refractivity contribution in [2.24, 2.45) is 11.7 Å². The van der Waals surface area contributed by atoms with E-state index < -0.39 is 0 Å². The third kappa shape index (κ3) is 2.29. The highest BCUT2D eigenvalue weighted by molar-refractivity contribution is 5.57. The fraction of sp³-hybridized carbons (Fsp3) is 0.900. The Hall–Kier alpha value is -0.410. The van der Waals surface area contributed by atoms with Gasteiger partial charge in [0.05, 0.1) is 6.04 Å². The number of nitrogens with zero attached hydrogens (tertiary/aromatic N) is 1. The zero-order valence-corrected chi connectivity index (χ0v) is 7.98. The quantitative estimate of drug-likeness (QED) is 0.642. The van der Waals surface area contributed by atoms with Crippen LogP contribution in [-0.2, 0) is 4.79 Å². The molecule has 0 radical (unpaired) electrons. The Balaban J connectivity index is 1.89. The summed E-state index contributed by atoms with van der Waals surface area (Å²) in [4.78, 5) is 13.1. The molecule has 1 heterocycles. The molecule has 2 N–H and O–H groups in total. The number of rotatable bonds is 3. The first-order valence-electron chi connectivity index (χ1n) is 5.24. The lowest BCUT2D eigenvalue weighted by atomic mass is 9.99. The number of carbonyl (C=O) groups is 1. The van der Waals surface area contributed by atoms with E-state index in [1.165, 1.54) is 12.8 Å². The fourth-order valence-electron chi connectivity index (χ4n) is 2.09. The maximum atomic E-state index is 10.8. The van der Waals surface area contributed by atoms with Gasteiger partial charge in [-0.25, -0.2) is 0 Å². The number of carbonyl (C=O) groups excluding carboxylic acids is 1. The van der Waals surface area contributed by atoms with E-state index in [0.717, 1.165) is 38.1 Å². The second-order valence-electron chi connectivity index (χ2n) is 4.44. The van der Waals surface area contributed by atoms with Crippen molar-refractivity contribution in [3.63, 3.8) is 0 Å².